The van der Waals surface area contributed by atoms with E-state index in [1.807, 2.05) is 12.2 Å². The molecule has 18 heavy (non-hydrogen) atoms. The van der Waals surface area contributed by atoms with Crippen molar-refractivity contribution in [1.29, 1.82) is 0 Å². The lowest BCUT2D eigenvalue weighted by Gasteiger charge is -2.25. The van der Waals surface area contributed by atoms with Crippen molar-refractivity contribution in [1.82, 2.24) is 4.90 Å². The quantitative estimate of drug-likeness (QED) is 0.601. The average Bonchev–Trinajstić information content (AvgIpc) is 2.55. The van der Waals surface area contributed by atoms with Gasteiger partial charge in [0.15, 0.2) is 0 Å². The molecule has 2 atom stereocenters. The van der Waals surface area contributed by atoms with Crippen molar-refractivity contribution in [2.75, 3.05) is 6.54 Å². The molecule has 0 spiro atoms. The highest BCUT2D eigenvalue weighted by Gasteiger charge is 2.49. The van der Waals surface area contributed by atoms with Gasteiger partial charge in [0, 0.05) is 6.54 Å². The van der Waals surface area contributed by atoms with E-state index in [9.17, 15) is 14.4 Å². The zero-order valence-electron chi connectivity index (χ0n) is 10.5. The summed E-state index contributed by atoms with van der Waals surface area (Å²) >= 11 is 0. The summed E-state index contributed by atoms with van der Waals surface area (Å²) < 4.78 is 0. The molecule has 98 valence electrons. The number of fused-ring (bicyclic) bond motifs is 1. The van der Waals surface area contributed by atoms with Crippen LogP contribution in [0.4, 0.5) is 0 Å². The number of hydrogen-bond donors (Lipinski definition) is 1. The molecule has 0 radical (unpaired) electrons. The zero-order chi connectivity index (χ0) is 13.5. The van der Waals surface area contributed by atoms with E-state index in [-0.39, 0.29) is 30.2 Å². The van der Waals surface area contributed by atoms with Crippen molar-refractivity contribution in [3.05, 3.63) is 12.2 Å². The van der Waals surface area contributed by atoms with E-state index >= 15 is 0 Å². The molecule has 1 aliphatic heterocycles. The molecule has 1 heterocycles. The smallest absolute Gasteiger partial charge is 0.310 e. The van der Waals surface area contributed by atoms with Gasteiger partial charge in [0.25, 0.3) is 0 Å². The van der Waals surface area contributed by atoms with Crippen LogP contribution in [0, 0.1) is 17.3 Å². The molecule has 2 amide bonds. The Labute approximate surface area is 105 Å². The minimum absolute atomic E-state index is 0.0486. The standard InChI is InChI=1S/C13H17NO4/c1-13(2,12(17)18)7-14-10(15)8-5-3-4-6-9(8)11(14)16/h3-4,8-9H,5-7H2,1-2H3,(H,17,18)/t8-,9+. The van der Waals surface area contributed by atoms with Crippen molar-refractivity contribution in [3.8, 4) is 0 Å². The van der Waals surface area contributed by atoms with Gasteiger partial charge in [-0.1, -0.05) is 12.2 Å². The molecule has 0 aromatic heterocycles. The van der Waals surface area contributed by atoms with Gasteiger partial charge in [0.2, 0.25) is 11.8 Å². The van der Waals surface area contributed by atoms with E-state index in [2.05, 4.69) is 0 Å². The molecule has 0 unspecified atom stereocenters. The highest BCUT2D eigenvalue weighted by atomic mass is 16.4. The number of hydrogen-bond acceptors (Lipinski definition) is 3. The monoisotopic (exact) mass is 251 g/mol. The summed E-state index contributed by atoms with van der Waals surface area (Å²) in [6.07, 6.45) is 4.99. The minimum Gasteiger partial charge on any atom is -0.481 e. The SMILES string of the molecule is CC(C)(CN1C(=O)[C@H]2CC=CC[C@H]2C1=O)C(=O)O. The lowest BCUT2D eigenvalue weighted by atomic mass is 9.85. The number of carboxylic acids is 1. The number of amides is 2. The highest BCUT2D eigenvalue weighted by molar-refractivity contribution is 6.05. The fourth-order valence-electron chi connectivity index (χ4n) is 2.49. The Bertz CT molecular complexity index is 412. The number of nitrogens with zero attached hydrogens (tertiary/aromatic N) is 1. The second-order valence-electron chi connectivity index (χ2n) is 5.61. The van der Waals surface area contributed by atoms with Gasteiger partial charge in [-0.3, -0.25) is 19.3 Å². The molecule has 1 N–H and O–H groups in total. The summed E-state index contributed by atoms with van der Waals surface area (Å²) in [4.78, 5) is 36.5. The molecule has 2 aliphatic rings. The molecule has 0 bridgehead atoms. The number of aliphatic carboxylic acids is 1. The van der Waals surface area contributed by atoms with E-state index in [4.69, 9.17) is 5.11 Å². The summed E-state index contributed by atoms with van der Waals surface area (Å²) in [7, 11) is 0. The van der Waals surface area contributed by atoms with Crippen molar-refractivity contribution in [3.63, 3.8) is 0 Å². The third-order valence-corrected chi connectivity index (χ3v) is 3.73. The number of imide groups is 1. The topological polar surface area (TPSA) is 74.7 Å². The largest absolute Gasteiger partial charge is 0.481 e. The van der Waals surface area contributed by atoms with Crippen LogP contribution in [0.15, 0.2) is 12.2 Å². The highest BCUT2D eigenvalue weighted by Crippen LogP contribution is 2.36. The number of allylic oxidation sites excluding steroid dienone is 2. The number of rotatable bonds is 3. The summed E-state index contributed by atoms with van der Waals surface area (Å²) in [6, 6.07) is 0. The maximum Gasteiger partial charge on any atom is 0.310 e. The summed E-state index contributed by atoms with van der Waals surface area (Å²) in [5.74, 6) is -2.01. The summed E-state index contributed by atoms with van der Waals surface area (Å²) in [6.45, 7) is 3.00. The summed E-state index contributed by atoms with van der Waals surface area (Å²) in [5.41, 5.74) is -1.10. The zero-order valence-corrected chi connectivity index (χ0v) is 10.5. The lowest BCUT2D eigenvalue weighted by Crippen LogP contribution is -2.42. The number of likely N-dealkylation sites (tertiary alicyclic amines) is 1. The molecule has 1 aliphatic carbocycles. The molecule has 0 aromatic rings. The number of carboxylic acid groups (broad SMARTS) is 1. The maximum atomic E-state index is 12.1. The summed E-state index contributed by atoms with van der Waals surface area (Å²) in [5, 5.41) is 9.07. The van der Waals surface area contributed by atoms with Gasteiger partial charge in [0.1, 0.15) is 0 Å². The van der Waals surface area contributed by atoms with E-state index in [0.717, 1.165) is 4.90 Å². The lowest BCUT2D eigenvalue weighted by molar-refractivity contribution is -0.151. The van der Waals surface area contributed by atoms with Crippen LogP contribution in [0.2, 0.25) is 0 Å². The Balaban J connectivity index is 2.19. The first kappa shape index (κ1) is 12.8. The van der Waals surface area contributed by atoms with E-state index in [0.29, 0.717) is 12.8 Å². The third kappa shape index (κ3) is 1.94. The fraction of sp³-hybridized carbons (Fsp3) is 0.615. The van der Waals surface area contributed by atoms with Gasteiger partial charge in [-0.05, 0) is 26.7 Å². The van der Waals surface area contributed by atoms with E-state index < -0.39 is 11.4 Å². The van der Waals surface area contributed by atoms with Gasteiger partial charge < -0.3 is 5.11 Å². The van der Waals surface area contributed by atoms with Gasteiger partial charge in [-0.2, -0.15) is 0 Å². The van der Waals surface area contributed by atoms with Crippen LogP contribution in [-0.4, -0.2) is 34.3 Å². The van der Waals surface area contributed by atoms with Crippen molar-refractivity contribution >= 4 is 17.8 Å². The fourth-order valence-corrected chi connectivity index (χ4v) is 2.49. The molecule has 0 aromatic carbocycles. The molecule has 1 fully saturated rings. The molecule has 5 heteroatoms. The Hall–Kier alpha value is -1.65. The molecule has 1 saturated heterocycles. The van der Waals surface area contributed by atoms with E-state index in [1.54, 1.807) is 0 Å². The first-order chi connectivity index (χ1) is 8.34. The van der Waals surface area contributed by atoms with Crippen molar-refractivity contribution < 1.29 is 19.5 Å². The van der Waals surface area contributed by atoms with Crippen molar-refractivity contribution in [2.24, 2.45) is 17.3 Å². The number of carbonyl (C=O) groups excluding carboxylic acids is 2. The Morgan fingerprint density at radius 1 is 1.28 bits per heavy atom. The van der Waals surface area contributed by atoms with Gasteiger partial charge in [-0.15, -0.1) is 0 Å². The van der Waals surface area contributed by atoms with Gasteiger partial charge in [-0.25, -0.2) is 0 Å². The van der Waals surface area contributed by atoms with Gasteiger partial charge >= 0.3 is 5.97 Å². The van der Waals surface area contributed by atoms with E-state index in [1.165, 1.54) is 13.8 Å². The second-order valence-corrected chi connectivity index (χ2v) is 5.61. The molecule has 0 saturated carbocycles. The van der Waals surface area contributed by atoms with Crippen molar-refractivity contribution in [2.45, 2.75) is 26.7 Å². The Kier molecular flexibility index (Phi) is 3.00. The Morgan fingerprint density at radius 2 is 1.72 bits per heavy atom. The van der Waals surface area contributed by atoms with Crippen LogP contribution in [0.25, 0.3) is 0 Å². The van der Waals surface area contributed by atoms with Crippen LogP contribution in [0.1, 0.15) is 26.7 Å². The first-order valence-electron chi connectivity index (χ1n) is 6.08. The second kappa shape index (κ2) is 4.23. The van der Waals surface area contributed by atoms with Crippen LogP contribution in [0.3, 0.4) is 0 Å². The minimum atomic E-state index is -1.10. The number of carbonyl (C=O) groups is 3. The molecule has 5 nitrogen and oxygen atoms in total. The van der Waals surface area contributed by atoms with Gasteiger partial charge in [0.05, 0.1) is 17.3 Å². The predicted octanol–water partition coefficient (Wildman–Crippen LogP) is 1.05. The van der Waals surface area contributed by atoms with Crippen LogP contribution < -0.4 is 0 Å². The van der Waals surface area contributed by atoms with Crippen LogP contribution >= 0.6 is 0 Å². The predicted molar refractivity (Wildman–Crippen MR) is 63.5 cm³/mol. The normalized spacial score (nSPS) is 27.6. The third-order valence-electron chi connectivity index (χ3n) is 3.73. The first-order valence-corrected chi connectivity index (χ1v) is 6.08. The molecule has 2 rings (SSSR count). The van der Waals surface area contributed by atoms with Crippen LogP contribution in [-0.2, 0) is 14.4 Å². The Morgan fingerprint density at radius 3 is 2.11 bits per heavy atom. The average molecular weight is 251 g/mol. The molecular formula is C13H17NO4. The van der Waals surface area contributed by atoms with Crippen LogP contribution in [0.5, 0.6) is 0 Å². The molecular weight excluding hydrogens is 234 g/mol. The maximum absolute atomic E-state index is 12.1.